The molecule has 0 unspecified atom stereocenters. The van der Waals surface area contributed by atoms with Crippen molar-refractivity contribution in [1.29, 1.82) is 0 Å². The minimum absolute atomic E-state index is 0.107. The topological polar surface area (TPSA) is 27.7 Å². The van der Waals surface area contributed by atoms with Gasteiger partial charge in [-0.25, -0.2) is 0 Å². The molecule has 0 aromatic heterocycles. The zero-order valence-electron chi connectivity index (χ0n) is 13.4. The first-order valence-electron chi connectivity index (χ1n) is 7.92. The molecule has 0 aliphatic carbocycles. The first-order valence-corrected chi connectivity index (χ1v) is 7.92. The van der Waals surface area contributed by atoms with Gasteiger partial charge in [0.2, 0.25) is 0 Å². The lowest BCUT2D eigenvalue weighted by atomic mass is 9.58. The Bertz CT molecular complexity index is 567. The number of fused-ring (bicyclic) bond motifs is 5. The third-order valence-corrected chi connectivity index (χ3v) is 5.92. The van der Waals surface area contributed by atoms with Crippen molar-refractivity contribution in [2.45, 2.75) is 63.8 Å². The van der Waals surface area contributed by atoms with Gasteiger partial charge in [-0.05, 0) is 44.7 Å². The SMILES string of the molecule is C[C@@H]1[C@H](B2OC(C)(C)C(C)(C)O2)[C@@H]2O[C@H]1c1ccccc12. The minimum atomic E-state index is -0.279. The van der Waals surface area contributed by atoms with E-state index in [4.69, 9.17) is 14.0 Å². The highest BCUT2D eigenvalue weighted by atomic mass is 16.7. The standard InChI is InChI=1S/C17H23BO3/c1-10-13(18-20-16(2,3)17(4,5)21-18)15-12-9-7-6-8-11(12)14(10)19-15/h6-10,13-15H,1-5H3/t10-,13+,14-,15-/m1/s1. The zero-order valence-corrected chi connectivity index (χ0v) is 13.4. The summed E-state index contributed by atoms with van der Waals surface area (Å²) in [5.41, 5.74) is 2.11. The van der Waals surface area contributed by atoms with E-state index in [1.165, 1.54) is 11.1 Å². The van der Waals surface area contributed by atoms with Crippen molar-refractivity contribution in [3.8, 4) is 0 Å². The lowest BCUT2D eigenvalue weighted by Gasteiger charge is -2.32. The van der Waals surface area contributed by atoms with Crippen LogP contribution in [0.2, 0.25) is 5.82 Å². The Kier molecular flexibility index (Phi) is 2.71. The Morgan fingerprint density at radius 3 is 2.00 bits per heavy atom. The zero-order chi connectivity index (χ0) is 15.0. The Balaban J connectivity index is 1.67. The fraction of sp³-hybridized carbons (Fsp3) is 0.647. The molecule has 112 valence electrons. The van der Waals surface area contributed by atoms with Gasteiger partial charge in [-0.1, -0.05) is 31.2 Å². The van der Waals surface area contributed by atoms with Gasteiger partial charge >= 0.3 is 7.12 Å². The summed E-state index contributed by atoms with van der Waals surface area (Å²) in [7, 11) is -0.187. The van der Waals surface area contributed by atoms with E-state index in [0.29, 0.717) is 5.92 Å². The second kappa shape index (κ2) is 4.12. The molecule has 2 bridgehead atoms. The first-order chi connectivity index (χ1) is 9.82. The predicted molar refractivity (Wildman–Crippen MR) is 82.0 cm³/mol. The number of hydrogen-bond acceptors (Lipinski definition) is 3. The van der Waals surface area contributed by atoms with Crippen LogP contribution in [0.25, 0.3) is 0 Å². The van der Waals surface area contributed by atoms with Gasteiger partial charge in [-0.15, -0.1) is 0 Å². The maximum absolute atomic E-state index is 6.28. The van der Waals surface area contributed by atoms with Crippen LogP contribution in [0.1, 0.15) is 58.0 Å². The van der Waals surface area contributed by atoms with Gasteiger partial charge in [0.1, 0.15) is 0 Å². The quantitative estimate of drug-likeness (QED) is 0.732. The minimum Gasteiger partial charge on any atom is -0.403 e. The van der Waals surface area contributed by atoms with Crippen molar-refractivity contribution in [3.63, 3.8) is 0 Å². The molecule has 0 radical (unpaired) electrons. The average molecular weight is 286 g/mol. The Hall–Kier alpha value is -0.835. The summed E-state index contributed by atoms with van der Waals surface area (Å²) >= 11 is 0. The highest BCUT2D eigenvalue weighted by Crippen LogP contribution is 2.62. The third-order valence-electron chi connectivity index (χ3n) is 5.92. The van der Waals surface area contributed by atoms with Gasteiger partial charge in [-0.2, -0.15) is 0 Å². The van der Waals surface area contributed by atoms with E-state index in [-0.39, 0.29) is 36.3 Å². The Labute approximate surface area is 127 Å². The van der Waals surface area contributed by atoms with Crippen molar-refractivity contribution < 1.29 is 14.0 Å². The van der Waals surface area contributed by atoms with Gasteiger partial charge in [0.05, 0.1) is 23.4 Å². The summed E-state index contributed by atoms with van der Waals surface area (Å²) in [4.78, 5) is 0. The highest BCUT2D eigenvalue weighted by molar-refractivity contribution is 6.48. The summed E-state index contributed by atoms with van der Waals surface area (Å²) in [5, 5.41) is 0. The highest BCUT2D eigenvalue weighted by Gasteiger charge is 2.62. The monoisotopic (exact) mass is 286 g/mol. The van der Waals surface area contributed by atoms with Crippen LogP contribution in [0, 0.1) is 5.92 Å². The van der Waals surface area contributed by atoms with Crippen molar-refractivity contribution >= 4 is 7.12 Å². The van der Waals surface area contributed by atoms with Gasteiger partial charge in [0.15, 0.2) is 0 Å². The second-order valence-electron chi connectivity index (χ2n) is 7.67. The molecular formula is C17H23BO3. The van der Waals surface area contributed by atoms with E-state index in [9.17, 15) is 0 Å². The summed E-state index contributed by atoms with van der Waals surface area (Å²) in [6.07, 6.45) is 0.297. The molecule has 4 heteroatoms. The summed E-state index contributed by atoms with van der Waals surface area (Å²) in [6, 6.07) is 8.56. The number of benzene rings is 1. The third kappa shape index (κ3) is 1.73. The lowest BCUT2D eigenvalue weighted by Crippen LogP contribution is -2.41. The van der Waals surface area contributed by atoms with Crippen molar-refractivity contribution in [1.82, 2.24) is 0 Å². The second-order valence-corrected chi connectivity index (χ2v) is 7.67. The Morgan fingerprint density at radius 1 is 0.905 bits per heavy atom. The number of hydrogen-bond donors (Lipinski definition) is 0. The van der Waals surface area contributed by atoms with Gasteiger partial charge in [-0.3, -0.25) is 0 Å². The largest absolute Gasteiger partial charge is 0.464 e. The van der Waals surface area contributed by atoms with Gasteiger partial charge in [0, 0.05) is 5.82 Å². The Morgan fingerprint density at radius 2 is 1.43 bits per heavy atom. The van der Waals surface area contributed by atoms with Crippen LogP contribution in [0.3, 0.4) is 0 Å². The fourth-order valence-electron chi connectivity index (χ4n) is 3.95. The van der Waals surface area contributed by atoms with E-state index in [2.05, 4.69) is 58.9 Å². The van der Waals surface area contributed by atoms with Crippen molar-refractivity contribution in [2.24, 2.45) is 5.92 Å². The maximum Gasteiger partial charge on any atom is 0.464 e. The molecule has 1 aromatic carbocycles. The molecule has 0 N–H and O–H groups in total. The molecule has 0 saturated carbocycles. The van der Waals surface area contributed by atoms with Crippen LogP contribution in [-0.4, -0.2) is 18.3 Å². The molecule has 3 heterocycles. The van der Waals surface area contributed by atoms with E-state index < -0.39 is 0 Å². The molecule has 4 atom stereocenters. The van der Waals surface area contributed by atoms with Crippen LogP contribution in [0.15, 0.2) is 24.3 Å². The van der Waals surface area contributed by atoms with E-state index in [1.54, 1.807) is 0 Å². The number of rotatable bonds is 1. The molecule has 2 saturated heterocycles. The predicted octanol–water partition coefficient (Wildman–Crippen LogP) is 3.91. The molecule has 2 fully saturated rings. The van der Waals surface area contributed by atoms with Crippen LogP contribution in [0.4, 0.5) is 0 Å². The molecule has 0 spiro atoms. The van der Waals surface area contributed by atoms with Crippen molar-refractivity contribution in [2.75, 3.05) is 0 Å². The van der Waals surface area contributed by atoms with Crippen LogP contribution in [0.5, 0.6) is 0 Å². The molecule has 0 amide bonds. The summed E-state index contributed by atoms with van der Waals surface area (Å²) in [5.74, 6) is 0.686. The normalized spacial score (nSPS) is 38.8. The molecule has 21 heavy (non-hydrogen) atoms. The van der Waals surface area contributed by atoms with Crippen molar-refractivity contribution in [3.05, 3.63) is 35.4 Å². The average Bonchev–Trinajstić information content (AvgIpc) is 2.99. The smallest absolute Gasteiger partial charge is 0.403 e. The molecule has 3 aliphatic heterocycles. The van der Waals surface area contributed by atoms with E-state index in [1.807, 2.05) is 0 Å². The van der Waals surface area contributed by atoms with Gasteiger partial charge in [0.25, 0.3) is 0 Å². The number of ether oxygens (including phenoxy) is 1. The molecule has 3 nitrogen and oxygen atoms in total. The van der Waals surface area contributed by atoms with Crippen LogP contribution >= 0.6 is 0 Å². The van der Waals surface area contributed by atoms with E-state index >= 15 is 0 Å². The molecule has 3 aliphatic rings. The molecule has 1 aromatic rings. The molecule has 4 rings (SSSR count). The maximum atomic E-state index is 6.28. The summed E-state index contributed by atoms with van der Waals surface area (Å²) in [6.45, 7) is 10.7. The van der Waals surface area contributed by atoms with Crippen LogP contribution in [-0.2, 0) is 14.0 Å². The van der Waals surface area contributed by atoms with Crippen LogP contribution < -0.4 is 0 Å². The van der Waals surface area contributed by atoms with E-state index in [0.717, 1.165) is 0 Å². The lowest BCUT2D eigenvalue weighted by molar-refractivity contribution is 0.00578. The first kappa shape index (κ1) is 13.8. The summed E-state index contributed by atoms with van der Waals surface area (Å²) < 4.78 is 18.8. The molecular weight excluding hydrogens is 263 g/mol. The fourth-order valence-corrected chi connectivity index (χ4v) is 3.95. The van der Waals surface area contributed by atoms with Gasteiger partial charge < -0.3 is 14.0 Å².